The molecule has 2 aromatic rings. The maximum atomic E-state index is 5.86. The quantitative estimate of drug-likeness (QED) is 0.904. The summed E-state index contributed by atoms with van der Waals surface area (Å²) in [5.74, 6) is 2.55. The zero-order valence-corrected chi connectivity index (χ0v) is 10.6. The number of nitrogens with zero attached hydrogens (tertiary/aromatic N) is 1. The van der Waals surface area contributed by atoms with Gasteiger partial charge < -0.3 is 14.9 Å². The maximum absolute atomic E-state index is 5.86. The predicted molar refractivity (Wildman–Crippen MR) is 69.7 cm³/mol. The first-order valence-electron chi connectivity index (χ1n) is 6.46. The average molecular weight is 246 g/mol. The Morgan fingerprint density at radius 1 is 1.44 bits per heavy atom. The first-order chi connectivity index (χ1) is 8.81. The molecule has 4 heteroatoms. The first kappa shape index (κ1) is 11.5. The van der Waals surface area contributed by atoms with E-state index in [1.54, 1.807) is 7.11 Å². The van der Waals surface area contributed by atoms with E-state index in [0.717, 1.165) is 29.2 Å². The Labute approximate surface area is 106 Å². The molecular weight excluding hydrogens is 228 g/mol. The maximum Gasteiger partial charge on any atom is 0.198 e. The second-order valence-corrected chi connectivity index (χ2v) is 4.92. The molecule has 2 N–H and O–H groups in total. The van der Waals surface area contributed by atoms with E-state index in [4.69, 9.17) is 14.9 Å². The predicted octanol–water partition coefficient (Wildman–Crippen LogP) is 2.68. The third kappa shape index (κ3) is 1.86. The normalized spacial score (nSPS) is 23.7. The van der Waals surface area contributed by atoms with Crippen molar-refractivity contribution in [1.29, 1.82) is 0 Å². The zero-order chi connectivity index (χ0) is 12.5. The molecule has 0 saturated heterocycles. The van der Waals surface area contributed by atoms with Crippen LogP contribution in [-0.2, 0) is 0 Å². The van der Waals surface area contributed by atoms with Gasteiger partial charge in [0.15, 0.2) is 11.5 Å². The Morgan fingerprint density at radius 3 is 3.11 bits per heavy atom. The van der Waals surface area contributed by atoms with Crippen LogP contribution in [0, 0.1) is 5.92 Å². The van der Waals surface area contributed by atoms with Gasteiger partial charge in [-0.05, 0) is 37.4 Å². The molecule has 0 amide bonds. The van der Waals surface area contributed by atoms with Crippen LogP contribution >= 0.6 is 0 Å². The summed E-state index contributed by atoms with van der Waals surface area (Å²) in [4.78, 5) is 4.60. The van der Waals surface area contributed by atoms with E-state index in [1.165, 1.54) is 12.8 Å². The van der Waals surface area contributed by atoms with E-state index in [0.29, 0.717) is 18.4 Å². The lowest BCUT2D eigenvalue weighted by molar-refractivity contribution is 0.401. The molecule has 4 nitrogen and oxygen atoms in total. The van der Waals surface area contributed by atoms with Crippen molar-refractivity contribution < 1.29 is 9.15 Å². The van der Waals surface area contributed by atoms with Crippen molar-refractivity contribution in [1.82, 2.24) is 4.98 Å². The van der Waals surface area contributed by atoms with Crippen LogP contribution in [-0.4, -0.2) is 18.6 Å². The number of nitrogens with two attached hydrogens (primary N) is 1. The van der Waals surface area contributed by atoms with Gasteiger partial charge in [-0.15, -0.1) is 0 Å². The lowest BCUT2D eigenvalue weighted by Crippen LogP contribution is -2.17. The van der Waals surface area contributed by atoms with E-state index < -0.39 is 0 Å². The Morgan fingerprint density at radius 2 is 2.33 bits per heavy atom. The lowest BCUT2D eigenvalue weighted by atomic mass is 9.96. The fraction of sp³-hybridized carbons (Fsp3) is 0.500. The molecule has 2 atom stereocenters. The van der Waals surface area contributed by atoms with Crippen LogP contribution in [0.1, 0.15) is 31.1 Å². The lowest BCUT2D eigenvalue weighted by Gasteiger charge is -2.13. The smallest absolute Gasteiger partial charge is 0.198 e. The zero-order valence-electron chi connectivity index (χ0n) is 10.6. The topological polar surface area (TPSA) is 61.3 Å². The van der Waals surface area contributed by atoms with Crippen LogP contribution in [0.25, 0.3) is 11.1 Å². The minimum atomic E-state index is 0.383. The highest BCUT2D eigenvalue weighted by Crippen LogP contribution is 2.39. The van der Waals surface area contributed by atoms with Gasteiger partial charge in [-0.1, -0.05) is 6.42 Å². The van der Waals surface area contributed by atoms with E-state index in [1.807, 2.05) is 18.2 Å². The Kier molecular flexibility index (Phi) is 2.96. The van der Waals surface area contributed by atoms with Gasteiger partial charge in [0.1, 0.15) is 11.3 Å². The molecule has 0 radical (unpaired) electrons. The molecule has 0 aliphatic heterocycles. The van der Waals surface area contributed by atoms with Crippen LogP contribution in [0.5, 0.6) is 5.75 Å². The highest BCUT2D eigenvalue weighted by atomic mass is 16.5. The third-order valence-corrected chi connectivity index (χ3v) is 3.89. The molecule has 2 unspecified atom stereocenters. The summed E-state index contributed by atoms with van der Waals surface area (Å²) in [7, 11) is 1.66. The van der Waals surface area contributed by atoms with Crippen molar-refractivity contribution in [3.8, 4) is 5.75 Å². The Bertz CT molecular complexity index is 550. The Balaban J connectivity index is 1.97. The van der Waals surface area contributed by atoms with Crippen LogP contribution < -0.4 is 10.5 Å². The fourth-order valence-corrected chi connectivity index (χ4v) is 2.85. The summed E-state index contributed by atoms with van der Waals surface area (Å²) in [6.07, 6.45) is 3.53. The summed E-state index contributed by atoms with van der Waals surface area (Å²) in [6.45, 7) is 0.715. The average Bonchev–Trinajstić information content (AvgIpc) is 3.03. The van der Waals surface area contributed by atoms with Crippen LogP contribution in [0.15, 0.2) is 22.6 Å². The molecule has 1 fully saturated rings. The summed E-state index contributed by atoms with van der Waals surface area (Å²) >= 11 is 0. The SMILES string of the molecule is COc1ccc2oc(C3CCCC3CN)nc2c1. The molecule has 0 bridgehead atoms. The van der Waals surface area contributed by atoms with Gasteiger partial charge in [0, 0.05) is 12.0 Å². The van der Waals surface area contributed by atoms with Crippen molar-refractivity contribution in [2.45, 2.75) is 25.2 Å². The molecule has 1 aromatic carbocycles. The summed E-state index contributed by atoms with van der Waals surface area (Å²) in [5, 5.41) is 0. The van der Waals surface area contributed by atoms with Crippen molar-refractivity contribution in [2.75, 3.05) is 13.7 Å². The number of fused-ring (bicyclic) bond motifs is 1. The number of hydrogen-bond donors (Lipinski definition) is 1. The molecule has 18 heavy (non-hydrogen) atoms. The first-order valence-corrected chi connectivity index (χ1v) is 6.46. The van der Waals surface area contributed by atoms with Gasteiger partial charge in [0.25, 0.3) is 0 Å². The minimum absolute atomic E-state index is 0.383. The van der Waals surface area contributed by atoms with Gasteiger partial charge in [0.05, 0.1) is 7.11 Å². The minimum Gasteiger partial charge on any atom is -0.497 e. The fourth-order valence-electron chi connectivity index (χ4n) is 2.85. The molecule has 3 rings (SSSR count). The summed E-state index contributed by atoms with van der Waals surface area (Å²) in [5.41, 5.74) is 7.51. The second kappa shape index (κ2) is 4.61. The molecule has 96 valence electrons. The van der Waals surface area contributed by atoms with Gasteiger partial charge in [-0.2, -0.15) is 0 Å². The van der Waals surface area contributed by atoms with Crippen LogP contribution in [0.4, 0.5) is 0 Å². The van der Waals surface area contributed by atoms with Gasteiger partial charge in [0.2, 0.25) is 0 Å². The molecule has 1 aliphatic carbocycles. The Hall–Kier alpha value is -1.55. The van der Waals surface area contributed by atoms with E-state index in [9.17, 15) is 0 Å². The number of methoxy groups -OCH3 is 1. The molecule has 1 saturated carbocycles. The van der Waals surface area contributed by atoms with Crippen molar-refractivity contribution >= 4 is 11.1 Å². The van der Waals surface area contributed by atoms with E-state index >= 15 is 0 Å². The van der Waals surface area contributed by atoms with E-state index in [2.05, 4.69) is 4.98 Å². The van der Waals surface area contributed by atoms with Crippen LogP contribution in [0.2, 0.25) is 0 Å². The monoisotopic (exact) mass is 246 g/mol. The van der Waals surface area contributed by atoms with Crippen molar-refractivity contribution in [3.05, 3.63) is 24.1 Å². The molecular formula is C14H18N2O2. The van der Waals surface area contributed by atoms with E-state index in [-0.39, 0.29) is 0 Å². The molecule has 0 spiro atoms. The number of aromatic nitrogens is 1. The number of ether oxygens (including phenoxy) is 1. The van der Waals surface area contributed by atoms with Gasteiger partial charge in [-0.3, -0.25) is 0 Å². The van der Waals surface area contributed by atoms with Crippen molar-refractivity contribution in [2.24, 2.45) is 11.7 Å². The number of rotatable bonds is 3. The number of hydrogen-bond acceptors (Lipinski definition) is 4. The highest BCUT2D eigenvalue weighted by Gasteiger charge is 2.31. The molecule has 1 aromatic heterocycles. The largest absolute Gasteiger partial charge is 0.497 e. The standard InChI is InChI=1S/C14H18N2O2/c1-17-10-5-6-13-12(7-10)16-14(18-13)11-4-2-3-9(11)8-15/h5-7,9,11H,2-4,8,15H2,1H3. The van der Waals surface area contributed by atoms with Crippen molar-refractivity contribution in [3.63, 3.8) is 0 Å². The molecule has 1 aliphatic rings. The second-order valence-electron chi connectivity index (χ2n) is 4.92. The summed E-state index contributed by atoms with van der Waals surface area (Å²) < 4.78 is 11.1. The number of oxazole rings is 1. The van der Waals surface area contributed by atoms with Gasteiger partial charge >= 0.3 is 0 Å². The van der Waals surface area contributed by atoms with Gasteiger partial charge in [-0.25, -0.2) is 4.98 Å². The molecule has 1 heterocycles. The number of benzene rings is 1. The highest BCUT2D eigenvalue weighted by molar-refractivity contribution is 5.74. The third-order valence-electron chi connectivity index (χ3n) is 3.89. The van der Waals surface area contributed by atoms with Crippen LogP contribution in [0.3, 0.4) is 0 Å². The summed E-state index contributed by atoms with van der Waals surface area (Å²) in [6, 6.07) is 5.72.